The van der Waals surface area contributed by atoms with Gasteiger partial charge in [-0.25, -0.2) is 8.42 Å². The van der Waals surface area contributed by atoms with Crippen LogP contribution in [0.3, 0.4) is 0 Å². The molecule has 1 heterocycles. The lowest BCUT2D eigenvalue weighted by Crippen LogP contribution is -2.53. The Morgan fingerprint density at radius 1 is 1.19 bits per heavy atom. The number of nitrogens with zero attached hydrogens (tertiary/aromatic N) is 1. The van der Waals surface area contributed by atoms with Crippen LogP contribution in [0.1, 0.15) is 13.8 Å². The topological polar surface area (TPSA) is 92.8 Å². The van der Waals surface area contributed by atoms with E-state index in [4.69, 9.17) is 27.9 Å². The monoisotopic (exact) mass is 422 g/mol. The smallest absolute Gasteiger partial charge is 0.261 e. The predicted molar refractivity (Wildman–Crippen MR) is 99.4 cm³/mol. The molecule has 0 aromatic heterocycles. The molecule has 2 unspecified atom stereocenters. The van der Waals surface area contributed by atoms with Crippen molar-refractivity contribution in [2.24, 2.45) is 0 Å². The highest BCUT2D eigenvalue weighted by molar-refractivity contribution is 7.91. The van der Waals surface area contributed by atoms with Crippen molar-refractivity contribution < 1.29 is 22.7 Å². The number of carbonyl (C=O) groups is 2. The van der Waals surface area contributed by atoms with Crippen LogP contribution in [-0.4, -0.2) is 61.9 Å². The van der Waals surface area contributed by atoms with Crippen molar-refractivity contribution >= 4 is 44.9 Å². The third-order valence-corrected chi connectivity index (χ3v) is 6.09. The third kappa shape index (κ3) is 5.49. The largest absolute Gasteiger partial charge is 0.479 e. The minimum atomic E-state index is -3.08. The first-order chi connectivity index (χ1) is 12.1. The lowest BCUT2D eigenvalue weighted by Gasteiger charge is -2.29. The van der Waals surface area contributed by atoms with Gasteiger partial charge in [-0.15, -0.1) is 0 Å². The number of carbonyl (C=O) groups excluding carboxylic acids is 2. The van der Waals surface area contributed by atoms with E-state index in [9.17, 15) is 18.0 Å². The van der Waals surface area contributed by atoms with Gasteiger partial charge in [0.2, 0.25) is 5.91 Å². The Hall–Kier alpha value is -1.51. The van der Waals surface area contributed by atoms with Crippen molar-refractivity contribution in [1.82, 2.24) is 10.2 Å². The van der Waals surface area contributed by atoms with Crippen molar-refractivity contribution in [3.63, 3.8) is 0 Å². The summed E-state index contributed by atoms with van der Waals surface area (Å²) in [5, 5.41) is 3.30. The molecule has 1 aromatic carbocycles. The van der Waals surface area contributed by atoms with Crippen molar-refractivity contribution in [2.75, 3.05) is 24.6 Å². The molecule has 2 rings (SSSR count). The van der Waals surface area contributed by atoms with Gasteiger partial charge >= 0.3 is 0 Å². The molecule has 1 fully saturated rings. The van der Waals surface area contributed by atoms with Gasteiger partial charge in [-0.3, -0.25) is 9.59 Å². The van der Waals surface area contributed by atoms with Gasteiger partial charge in [0, 0.05) is 18.1 Å². The highest BCUT2D eigenvalue weighted by Crippen LogP contribution is 2.28. The van der Waals surface area contributed by atoms with Crippen LogP contribution >= 0.6 is 23.2 Å². The number of rotatable bonds is 5. The molecular formula is C16H20Cl2N2O5S. The summed E-state index contributed by atoms with van der Waals surface area (Å²) in [4.78, 5) is 26.0. The van der Waals surface area contributed by atoms with Crippen molar-refractivity contribution in [1.29, 1.82) is 0 Å². The van der Waals surface area contributed by atoms with E-state index in [1.807, 2.05) is 0 Å². The van der Waals surface area contributed by atoms with E-state index in [0.717, 1.165) is 0 Å². The first-order valence-electron chi connectivity index (χ1n) is 8.00. The van der Waals surface area contributed by atoms with E-state index in [2.05, 4.69) is 5.32 Å². The van der Waals surface area contributed by atoms with Crippen LogP contribution in [0.5, 0.6) is 5.75 Å². The normalized spacial score (nSPS) is 18.7. The maximum absolute atomic E-state index is 12.4. The van der Waals surface area contributed by atoms with Crippen LogP contribution in [0.15, 0.2) is 18.2 Å². The van der Waals surface area contributed by atoms with E-state index < -0.39 is 27.9 Å². The van der Waals surface area contributed by atoms with Gasteiger partial charge in [-0.2, -0.15) is 0 Å². The van der Waals surface area contributed by atoms with E-state index in [1.165, 1.54) is 17.9 Å². The molecule has 2 atom stereocenters. The van der Waals surface area contributed by atoms with Crippen LogP contribution < -0.4 is 10.1 Å². The van der Waals surface area contributed by atoms with Gasteiger partial charge in [0.15, 0.2) is 15.9 Å². The zero-order valence-corrected chi connectivity index (χ0v) is 16.7. The molecule has 0 saturated carbocycles. The quantitative estimate of drug-likeness (QED) is 0.776. The first kappa shape index (κ1) is 20.8. The predicted octanol–water partition coefficient (Wildman–Crippen LogP) is 1.52. The Labute approximate surface area is 162 Å². The molecule has 144 valence electrons. The SMILES string of the molecule is CC(NC(=O)C(C)Oc1ccc(Cl)cc1Cl)C(=O)N1CCS(=O)(=O)CC1. The first-order valence-corrected chi connectivity index (χ1v) is 10.6. The zero-order valence-electron chi connectivity index (χ0n) is 14.4. The summed E-state index contributed by atoms with van der Waals surface area (Å²) in [7, 11) is -3.08. The Morgan fingerprint density at radius 2 is 1.81 bits per heavy atom. The Bertz CT molecular complexity index is 786. The standard InChI is InChI=1S/C16H20Cl2N2O5S/c1-10(16(22)20-5-7-26(23,24)8-6-20)19-15(21)11(2)25-14-4-3-12(17)9-13(14)18/h3-4,9-11H,5-8H2,1-2H3,(H,19,21). The van der Waals surface area contributed by atoms with Gasteiger partial charge in [-0.1, -0.05) is 23.2 Å². The number of sulfone groups is 1. The summed E-state index contributed by atoms with van der Waals surface area (Å²) in [5.74, 6) is -0.632. The van der Waals surface area contributed by atoms with Crippen molar-refractivity contribution in [2.45, 2.75) is 26.0 Å². The highest BCUT2D eigenvalue weighted by atomic mass is 35.5. The molecule has 0 bridgehead atoms. The molecule has 26 heavy (non-hydrogen) atoms. The molecule has 1 N–H and O–H groups in total. The third-order valence-electron chi connectivity index (χ3n) is 3.95. The molecular weight excluding hydrogens is 403 g/mol. The summed E-state index contributed by atoms with van der Waals surface area (Å²) in [6.45, 7) is 3.35. The lowest BCUT2D eigenvalue weighted by molar-refractivity contribution is -0.137. The van der Waals surface area contributed by atoms with Gasteiger partial charge in [0.1, 0.15) is 11.8 Å². The molecule has 1 aromatic rings. The van der Waals surface area contributed by atoms with Crippen molar-refractivity contribution in [3.05, 3.63) is 28.2 Å². The van der Waals surface area contributed by atoms with Crippen molar-refractivity contribution in [3.8, 4) is 5.75 Å². The molecule has 2 amide bonds. The van der Waals surface area contributed by atoms with Crippen LogP contribution in [0.4, 0.5) is 0 Å². The summed E-state index contributed by atoms with van der Waals surface area (Å²) in [5.41, 5.74) is 0. The minimum absolute atomic E-state index is 0.0615. The number of hydrogen-bond acceptors (Lipinski definition) is 5. The number of amides is 2. The maximum Gasteiger partial charge on any atom is 0.261 e. The second-order valence-corrected chi connectivity index (χ2v) is 9.19. The number of ether oxygens (including phenoxy) is 1. The average Bonchev–Trinajstić information content (AvgIpc) is 2.56. The second-order valence-electron chi connectivity index (χ2n) is 6.04. The minimum Gasteiger partial charge on any atom is -0.479 e. The van der Waals surface area contributed by atoms with Gasteiger partial charge < -0.3 is 15.0 Å². The van der Waals surface area contributed by atoms with E-state index in [0.29, 0.717) is 10.8 Å². The fourth-order valence-electron chi connectivity index (χ4n) is 2.41. The Kier molecular flexibility index (Phi) is 6.76. The van der Waals surface area contributed by atoms with Crippen LogP contribution in [0.25, 0.3) is 0 Å². The molecule has 0 aliphatic carbocycles. The molecule has 7 nitrogen and oxygen atoms in total. The molecule has 0 radical (unpaired) electrons. The lowest BCUT2D eigenvalue weighted by atomic mass is 10.2. The van der Waals surface area contributed by atoms with Crippen LogP contribution in [0, 0.1) is 0 Å². The molecule has 0 spiro atoms. The molecule has 1 aliphatic heterocycles. The molecule has 10 heteroatoms. The summed E-state index contributed by atoms with van der Waals surface area (Å²) in [6, 6.07) is 3.84. The van der Waals surface area contributed by atoms with Gasteiger partial charge in [0.25, 0.3) is 5.91 Å². The maximum atomic E-state index is 12.4. The fraction of sp³-hybridized carbons (Fsp3) is 0.500. The highest BCUT2D eigenvalue weighted by Gasteiger charge is 2.29. The summed E-state index contributed by atoms with van der Waals surface area (Å²) < 4.78 is 28.4. The van der Waals surface area contributed by atoms with E-state index >= 15 is 0 Å². The fourth-order valence-corrected chi connectivity index (χ4v) is 4.07. The number of halogens is 2. The molecule has 1 aliphatic rings. The van der Waals surface area contributed by atoms with Crippen LogP contribution in [-0.2, 0) is 19.4 Å². The summed E-state index contributed by atoms with van der Waals surface area (Å²) >= 11 is 11.8. The summed E-state index contributed by atoms with van der Waals surface area (Å²) in [6.07, 6.45) is -0.884. The van der Waals surface area contributed by atoms with E-state index in [1.54, 1.807) is 19.1 Å². The van der Waals surface area contributed by atoms with Gasteiger partial charge in [0.05, 0.1) is 16.5 Å². The Balaban J connectivity index is 1.90. The second kappa shape index (κ2) is 8.45. The van der Waals surface area contributed by atoms with Crippen LogP contribution in [0.2, 0.25) is 10.0 Å². The number of nitrogens with one attached hydrogen (secondary N) is 1. The zero-order chi connectivity index (χ0) is 19.5. The van der Waals surface area contributed by atoms with E-state index in [-0.39, 0.29) is 35.5 Å². The Morgan fingerprint density at radius 3 is 2.38 bits per heavy atom. The number of benzene rings is 1. The molecule has 1 saturated heterocycles. The van der Waals surface area contributed by atoms with Gasteiger partial charge in [-0.05, 0) is 32.0 Å². The average molecular weight is 423 g/mol. The number of hydrogen-bond donors (Lipinski definition) is 1.